The van der Waals surface area contributed by atoms with Crippen LogP contribution in [0.3, 0.4) is 0 Å². The van der Waals surface area contributed by atoms with Crippen LogP contribution in [0.5, 0.6) is 11.5 Å². The number of hydrogen-bond donors (Lipinski definition) is 4. The van der Waals surface area contributed by atoms with Gasteiger partial charge in [-0.2, -0.15) is 0 Å². The largest absolute Gasteiger partial charge is 0.507 e. The monoisotopic (exact) mass is 1050 g/mol. The summed E-state index contributed by atoms with van der Waals surface area (Å²) in [5, 5.41) is 50.3. The molecule has 0 radical (unpaired) electrons. The molecule has 4 N–H and O–H groups in total. The predicted molar refractivity (Wildman–Crippen MR) is 334 cm³/mol. The molecule has 13 rings (SSSR count). The van der Waals surface area contributed by atoms with Gasteiger partial charge in [0.1, 0.15) is 11.5 Å². The van der Waals surface area contributed by atoms with Gasteiger partial charge in [-0.15, -0.1) is 0 Å². The highest BCUT2D eigenvalue weighted by atomic mass is 31.1. The van der Waals surface area contributed by atoms with Crippen LogP contribution in [0.1, 0.15) is 36.8 Å². The average Bonchev–Trinajstić information content (AvgIpc) is 3.51. The molecule has 0 aliphatic heterocycles. The highest BCUT2D eigenvalue weighted by molar-refractivity contribution is 7.80. The van der Waals surface area contributed by atoms with Gasteiger partial charge in [-0.3, -0.25) is 0 Å². The van der Waals surface area contributed by atoms with Crippen LogP contribution in [0.15, 0.2) is 255 Å². The number of fused-ring (bicyclic) bond motifs is 4. The van der Waals surface area contributed by atoms with Gasteiger partial charge < -0.3 is 20.8 Å². The fourth-order valence-corrected chi connectivity index (χ4v) is 17.2. The van der Waals surface area contributed by atoms with Crippen molar-refractivity contribution in [3.8, 4) is 33.8 Å². The minimum Gasteiger partial charge on any atom is -0.507 e. The van der Waals surface area contributed by atoms with Crippen LogP contribution in [0.2, 0.25) is 0 Å². The second-order valence-electron chi connectivity index (χ2n) is 20.6. The summed E-state index contributed by atoms with van der Waals surface area (Å²) in [6, 6.07) is 91.6. The normalized spacial score (nSPS) is 14.7. The predicted octanol–water partition coefficient (Wildman–Crippen LogP) is 14.8. The summed E-state index contributed by atoms with van der Waals surface area (Å²) in [6.07, 6.45) is 4.24. The first kappa shape index (κ1) is 49.6. The Morgan fingerprint density at radius 2 is 0.615 bits per heavy atom. The lowest BCUT2D eigenvalue weighted by Gasteiger charge is -2.34. The molecule has 0 aromatic heterocycles. The van der Waals surface area contributed by atoms with Crippen LogP contribution in [0, 0.1) is 0 Å². The molecule has 0 amide bonds. The minimum atomic E-state index is -1.00. The zero-order valence-corrected chi connectivity index (χ0v) is 45.2. The molecular weight excluding hydrogens is 987 g/mol. The van der Waals surface area contributed by atoms with E-state index in [9.17, 15) is 10.2 Å². The summed E-state index contributed by atoms with van der Waals surface area (Å²) < 4.78 is 0. The molecule has 12 aromatic rings. The standard InChI is InChI=1S/C72H60N2O2P2/c75-71-53(45-51-25-15-19-37-61(51)69(71)67-59-35-17-13-23-49(59)41-43-65(67)77(55-27-5-1-6-28-55)56-29-7-2-8-30-56)47-73-63-39-21-22-40-64(63)74-48-54-46-52-26-16-20-38-62(52)70(72(54)76)68-60-36-18-14-24-50(60)42-44-66(68)78(57-31-9-3-10-32-57)58-33-11-4-12-34-58/h1-20,23-38,41-46,63-64,73-76H,21-22,39-40,47-48H2/t63-,64-/m0/s1. The van der Waals surface area contributed by atoms with E-state index in [4.69, 9.17) is 0 Å². The number of phenols is 2. The van der Waals surface area contributed by atoms with E-state index >= 15 is 0 Å². The first-order valence-corrected chi connectivity index (χ1v) is 30.0. The molecule has 1 saturated carbocycles. The highest BCUT2D eigenvalue weighted by Gasteiger charge is 2.30. The Kier molecular flexibility index (Phi) is 14.1. The van der Waals surface area contributed by atoms with Crippen molar-refractivity contribution < 1.29 is 10.2 Å². The summed E-state index contributed by atoms with van der Waals surface area (Å²) in [5.41, 5.74) is 5.69. The van der Waals surface area contributed by atoms with E-state index in [0.717, 1.165) is 102 Å². The SMILES string of the molecule is Oc1c(CN[C@H]2CCCC[C@@H]2NCc2cc3ccccc3c(-c3c(P(c4ccccc4)c4ccccc4)ccc4ccccc34)c2O)cc2ccccc2c1-c1c(P(c2ccccc2)c2ccccc2)ccc2ccccc12. The fourth-order valence-electron chi connectivity index (χ4n) is 12.2. The Morgan fingerprint density at radius 3 is 0.962 bits per heavy atom. The number of nitrogens with one attached hydrogen (secondary N) is 2. The van der Waals surface area contributed by atoms with E-state index in [1.54, 1.807) is 0 Å². The summed E-state index contributed by atoms with van der Waals surface area (Å²) in [6.45, 7) is 1.000. The van der Waals surface area contributed by atoms with Gasteiger partial charge in [0.05, 0.1) is 0 Å². The molecule has 4 nitrogen and oxygen atoms in total. The van der Waals surface area contributed by atoms with Crippen molar-refractivity contribution in [2.75, 3.05) is 0 Å². The van der Waals surface area contributed by atoms with Crippen molar-refractivity contribution in [3.63, 3.8) is 0 Å². The maximum atomic E-state index is 13.0. The van der Waals surface area contributed by atoms with Gasteiger partial charge in [0.25, 0.3) is 0 Å². The van der Waals surface area contributed by atoms with Crippen molar-refractivity contribution in [2.45, 2.75) is 50.9 Å². The molecule has 0 unspecified atom stereocenters. The topological polar surface area (TPSA) is 64.5 Å². The van der Waals surface area contributed by atoms with E-state index in [1.807, 2.05) is 0 Å². The third-order valence-corrected chi connectivity index (χ3v) is 20.9. The van der Waals surface area contributed by atoms with Crippen LogP contribution in [-0.2, 0) is 13.1 Å². The Morgan fingerprint density at radius 1 is 0.321 bits per heavy atom. The first-order valence-electron chi connectivity index (χ1n) is 27.4. The van der Waals surface area contributed by atoms with Gasteiger partial charge in [-0.1, -0.05) is 255 Å². The third-order valence-electron chi connectivity index (χ3n) is 15.9. The Hall–Kier alpha value is -7.94. The minimum absolute atomic E-state index is 0.136. The van der Waals surface area contributed by atoms with Crippen LogP contribution in [-0.4, -0.2) is 22.3 Å². The van der Waals surface area contributed by atoms with E-state index in [2.05, 4.69) is 265 Å². The zero-order chi connectivity index (χ0) is 52.4. The van der Waals surface area contributed by atoms with Gasteiger partial charge in [-0.05, 0) is 116 Å². The molecule has 0 heterocycles. The van der Waals surface area contributed by atoms with Crippen molar-refractivity contribution >= 4 is 90.8 Å². The maximum absolute atomic E-state index is 13.0. The van der Waals surface area contributed by atoms with E-state index < -0.39 is 15.8 Å². The van der Waals surface area contributed by atoms with Crippen LogP contribution in [0.4, 0.5) is 0 Å². The molecule has 1 fully saturated rings. The maximum Gasteiger partial charge on any atom is 0.128 e. The molecule has 380 valence electrons. The molecule has 6 heteroatoms. The van der Waals surface area contributed by atoms with Gasteiger partial charge in [0.2, 0.25) is 0 Å². The molecule has 0 spiro atoms. The first-order chi connectivity index (χ1) is 38.6. The Labute approximate surface area is 459 Å². The molecular formula is C72H60N2O2P2. The average molecular weight is 1050 g/mol. The summed E-state index contributed by atoms with van der Waals surface area (Å²) in [5.74, 6) is 0.639. The number of phenolic OH excluding ortho intramolecular Hbond substituents is 2. The Bertz CT molecular complexity index is 3750. The van der Waals surface area contributed by atoms with Gasteiger partial charge in [0.15, 0.2) is 0 Å². The number of benzene rings is 12. The molecule has 1 aliphatic carbocycles. The van der Waals surface area contributed by atoms with Crippen molar-refractivity contribution in [1.82, 2.24) is 10.6 Å². The Balaban J connectivity index is 0.865. The second-order valence-corrected chi connectivity index (χ2v) is 25.0. The van der Waals surface area contributed by atoms with Crippen molar-refractivity contribution in [3.05, 3.63) is 266 Å². The summed E-state index contributed by atoms with van der Waals surface area (Å²) in [4.78, 5) is 0. The lowest BCUT2D eigenvalue weighted by Crippen LogP contribution is -2.49. The highest BCUT2D eigenvalue weighted by Crippen LogP contribution is 2.49. The van der Waals surface area contributed by atoms with E-state index in [0.29, 0.717) is 24.6 Å². The summed E-state index contributed by atoms with van der Waals surface area (Å²) >= 11 is 0. The number of aromatic hydroxyl groups is 2. The van der Waals surface area contributed by atoms with Crippen LogP contribution < -0.4 is 42.5 Å². The molecule has 2 atom stereocenters. The zero-order valence-electron chi connectivity index (χ0n) is 43.4. The molecule has 12 aromatic carbocycles. The number of rotatable bonds is 14. The second kappa shape index (κ2) is 22.2. The van der Waals surface area contributed by atoms with Crippen molar-refractivity contribution in [2.24, 2.45) is 0 Å². The molecule has 0 saturated heterocycles. The molecule has 1 aliphatic rings. The third kappa shape index (κ3) is 9.55. The lowest BCUT2D eigenvalue weighted by molar-refractivity contribution is 0.279. The smallest absolute Gasteiger partial charge is 0.128 e. The van der Waals surface area contributed by atoms with Gasteiger partial charge in [0, 0.05) is 58.6 Å². The van der Waals surface area contributed by atoms with Gasteiger partial charge >= 0.3 is 0 Å². The van der Waals surface area contributed by atoms with Gasteiger partial charge in [-0.25, -0.2) is 0 Å². The summed E-state index contributed by atoms with van der Waals surface area (Å²) in [7, 11) is -2.00. The van der Waals surface area contributed by atoms with E-state index in [-0.39, 0.29) is 12.1 Å². The lowest BCUT2D eigenvalue weighted by atomic mass is 9.88. The van der Waals surface area contributed by atoms with Crippen LogP contribution >= 0.6 is 15.8 Å². The molecule has 78 heavy (non-hydrogen) atoms. The van der Waals surface area contributed by atoms with E-state index in [1.165, 1.54) is 31.8 Å². The number of hydrogen-bond acceptors (Lipinski definition) is 4. The van der Waals surface area contributed by atoms with Crippen LogP contribution in [0.25, 0.3) is 65.3 Å². The van der Waals surface area contributed by atoms with Crippen molar-refractivity contribution in [1.29, 1.82) is 0 Å². The molecule has 0 bridgehead atoms. The quantitative estimate of drug-likeness (QED) is 0.0820. The fraction of sp³-hybridized carbons (Fsp3) is 0.111.